The molecular weight excluding hydrogens is 204 g/mol. The van der Waals surface area contributed by atoms with E-state index in [1.807, 2.05) is 0 Å². The van der Waals surface area contributed by atoms with Crippen LogP contribution in [0.3, 0.4) is 0 Å². The Bertz CT molecular complexity index is 348. The van der Waals surface area contributed by atoms with Gasteiger partial charge in [-0.25, -0.2) is 13.1 Å². The fourth-order valence-electron chi connectivity index (χ4n) is 1.65. The van der Waals surface area contributed by atoms with Gasteiger partial charge in [0.1, 0.15) is 0 Å². The number of amides is 1. The van der Waals surface area contributed by atoms with Crippen molar-refractivity contribution in [3.63, 3.8) is 0 Å². The highest BCUT2D eigenvalue weighted by atomic mass is 32.2. The average molecular weight is 218 g/mol. The summed E-state index contributed by atoms with van der Waals surface area (Å²) in [5.41, 5.74) is 0. The number of sulfonamides is 1. The topological polar surface area (TPSA) is 66.5 Å². The highest BCUT2D eigenvalue weighted by Crippen LogP contribution is 2.28. The lowest BCUT2D eigenvalue weighted by molar-refractivity contribution is -0.126. The fourth-order valence-corrected chi connectivity index (χ4v) is 3.22. The van der Waals surface area contributed by atoms with Crippen molar-refractivity contribution in [2.75, 3.05) is 13.6 Å². The maximum atomic E-state index is 11.5. The number of nitrogens with one attached hydrogen (secondary N) is 1. The van der Waals surface area contributed by atoms with Gasteiger partial charge in [0.25, 0.3) is 0 Å². The molecule has 2 rings (SSSR count). The summed E-state index contributed by atoms with van der Waals surface area (Å²) < 4.78 is 25.6. The van der Waals surface area contributed by atoms with Crippen LogP contribution in [-0.2, 0) is 14.8 Å². The summed E-state index contributed by atoms with van der Waals surface area (Å²) in [6.07, 6.45) is 1.81. The van der Waals surface area contributed by atoms with Gasteiger partial charge in [-0.1, -0.05) is 0 Å². The molecule has 1 atom stereocenters. The van der Waals surface area contributed by atoms with Gasteiger partial charge in [-0.05, 0) is 12.8 Å². The predicted octanol–water partition coefficient (Wildman–Crippen LogP) is -0.701. The lowest BCUT2D eigenvalue weighted by atomic mass is 10.3. The molecule has 1 amide bonds. The van der Waals surface area contributed by atoms with Crippen LogP contribution in [0.2, 0.25) is 0 Å². The lowest BCUT2D eigenvalue weighted by Crippen LogP contribution is -2.38. The van der Waals surface area contributed by atoms with Crippen LogP contribution in [-0.4, -0.2) is 44.1 Å². The Morgan fingerprint density at radius 3 is 2.50 bits per heavy atom. The fraction of sp³-hybridized carbons (Fsp3) is 0.875. The zero-order valence-electron chi connectivity index (χ0n) is 8.06. The summed E-state index contributed by atoms with van der Waals surface area (Å²) in [4.78, 5) is 12.7. The Balaban J connectivity index is 1.96. The SMILES string of the molecule is CN1CC(NS(=O)(=O)C2CC2)CC1=O. The van der Waals surface area contributed by atoms with E-state index in [-0.39, 0.29) is 17.2 Å². The summed E-state index contributed by atoms with van der Waals surface area (Å²) >= 11 is 0. The molecule has 5 nitrogen and oxygen atoms in total. The molecule has 1 aliphatic carbocycles. The van der Waals surface area contributed by atoms with Crippen LogP contribution in [0.15, 0.2) is 0 Å². The Labute approximate surface area is 83.5 Å². The number of likely N-dealkylation sites (N-methyl/N-ethyl adjacent to an activating group) is 1. The molecule has 0 radical (unpaired) electrons. The molecule has 1 saturated carbocycles. The zero-order valence-corrected chi connectivity index (χ0v) is 8.88. The highest BCUT2D eigenvalue weighted by Gasteiger charge is 2.39. The van der Waals surface area contributed by atoms with Gasteiger partial charge in [-0.3, -0.25) is 4.79 Å². The zero-order chi connectivity index (χ0) is 10.3. The van der Waals surface area contributed by atoms with Crippen molar-refractivity contribution in [1.29, 1.82) is 0 Å². The molecule has 1 N–H and O–H groups in total. The first-order valence-corrected chi connectivity index (χ1v) is 6.29. The van der Waals surface area contributed by atoms with Crippen molar-refractivity contribution < 1.29 is 13.2 Å². The van der Waals surface area contributed by atoms with Crippen molar-refractivity contribution in [3.8, 4) is 0 Å². The van der Waals surface area contributed by atoms with E-state index in [0.29, 0.717) is 13.0 Å². The first kappa shape index (κ1) is 9.92. The van der Waals surface area contributed by atoms with Crippen molar-refractivity contribution in [3.05, 3.63) is 0 Å². The number of hydrogen-bond acceptors (Lipinski definition) is 3. The molecule has 0 bridgehead atoms. The first-order chi connectivity index (χ1) is 6.49. The second kappa shape index (κ2) is 3.20. The summed E-state index contributed by atoms with van der Waals surface area (Å²) in [5, 5.41) is -0.205. The monoisotopic (exact) mass is 218 g/mol. The molecule has 80 valence electrons. The van der Waals surface area contributed by atoms with Gasteiger partial charge in [0.15, 0.2) is 0 Å². The van der Waals surface area contributed by atoms with Crippen LogP contribution in [0.4, 0.5) is 0 Å². The average Bonchev–Trinajstić information content (AvgIpc) is 2.81. The van der Waals surface area contributed by atoms with E-state index in [0.717, 1.165) is 12.8 Å². The number of carbonyl (C=O) groups excluding carboxylic acids is 1. The maximum Gasteiger partial charge on any atom is 0.224 e. The van der Waals surface area contributed by atoms with Crippen LogP contribution >= 0.6 is 0 Å². The Hall–Kier alpha value is -0.620. The molecule has 0 aromatic carbocycles. The summed E-state index contributed by atoms with van der Waals surface area (Å²) in [7, 11) is -1.46. The minimum Gasteiger partial charge on any atom is -0.344 e. The molecule has 2 aliphatic rings. The van der Waals surface area contributed by atoms with E-state index in [9.17, 15) is 13.2 Å². The molecule has 1 heterocycles. The molecule has 1 unspecified atom stereocenters. The van der Waals surface area contributed by atoms with E-state index in [4.69, 9.17) is 0 Å². The quantitative estimate of drug-likeness (QED) is 0.681. The van der Waals surface area contributed by atoms with E-state index >= 15 is 0 Å². The number of nitrogens with zero attached hydrogens (tertiary/aromatic N) is 1. The van der Waals surface area contributed by atoms with Crippen molar-refractivity contribution in [2.24, 2.45) is 0 Å². The van der Waals surface area contributed by atoms with Crippen molar-refractivity contribution in [2.45, 2.75) is 30.6 Å². The molecule has 1 aliphatic heterocycles. The third-order valence-corrected chi connectivity index (χ3v) is 4.65. The van der Waals surface area contributed by atoms with Gasteiger partial charge in [0.2, 0.25) is 15.9 Å². The summed E-state index contributed by atoms with van der Waals surface area (Å²) in [6.45, 7) is 0.491. The van der Waals surface area contributed by atoms with Gasteiger partial charge in [0, 0.05) is 26.1 Å². The van der Waals surface area contributed by atoms with Gasteiger partial charge in [-0.2, -0.15) is 0 Å². The van der Waals surface area contributed by atoms with Crippen LogP contribution in [0.1, 0.15) is 19.3 Å². The first-order valence-electron chi connectivity index (χ1n) is 4.74. The Morgan fingerprint density at radius 2 is 2.07 bits per heavy atom. The maximum absolute atomic E-state index is 11.5. The van der Waals surface area contributed by atoms with Crippen molar-refractivity contribution in [1.82, 2.24) is 9.62 Å². The predicted molar refractivity (Wildman–Crippen MR) is 51.1 cm³/mol. The van der Waals surface area contributed by atoms with E-state index in [1.165, 1.54) is 0 Å². The van der Waals surface area contributed by atoms with E-state index < -0.39 is 10.0 Å². The standard InChI is InChI=1S/C8H14N2O3S/c1-10-5-6(4-8(10)11)9-14(12,13)7-2-3-7/h6-7,9H,2-5H2,1H3. The van der Waals surface area contributed by atoms with Crippen LogP contribution < -0.4 is 4.72 Å². The molecule has 2 fully saturated rings. The minimum absolute atomic E-state index is 0.00787. The second-order valence-corrected chi connectivity index (χ2v) is 6.03. The normalized spacial score (nSPS) is 28.5. The molecule has 14 heavy (non-hydrogen) atoms. The van der Waals surface area contributed by atoms with Gasteiger partial charge >= 0.3 is 0 Å². The van der Waals surface area contributed by atoms with Crippen LogP contribution in [0.5, 0.6) is 0 Å². The summed E-state index contributed by atoms with van der Waals surface area (Å²) in [6, 6.07) is -0.224. The molecular formula is C8H14N2O3S. The van der Waals surface area contributed by atoms with E-state index in [2.05, 4.69) is 4.72 Å². The van der Waals surface area contributed by atoms with E-state index in [1.54, 1.807) is 11.9 Å². The molecule has 1 saturated heterocycles. The third kappa shape index (κ3) is 1.90. The number of rotatable bonds is 3. The number of carbonyl (C=O) groups is 1. The summed E-state index contributed by atoms with van der Waals surface area (Å²) in [5.74, 6) is 0.00787. The molecule has 6 heteroatoms. The lowest BCUT2D eigenvalue weighted by Gasteiger charge is -2.11. The minimum atomic E-state index is -3.15. The Kier molecular flexibility index (Phi) is 2.27. The van der Waals surface area contributed by atoms with Gasteiger partial charge in [-0.15, -0.1) is 0 Å². The van der Waals surface area contributed by atoms with Crippen LogP contribution in [0, 0.1) is 0 Å². The highest BCUT2D eigenvalue weighted by molar-refractivity contribution is 7.90. The number of likely N-dealkylation sites (tertiary alicyclic amines) is 1. The second-order valence-electron chi connectivity index (χ2n) is 4.04. The smallest absolute Gasteiger partial charge is 0.224 e. The third-order valence-electron chi connectivity index (χ3n) is 2.64. The largest absolute Gasteiger partial charge is 0.344 e. The van der Waals surface area contributed by atoms with Crippen molar-refractivity contribution >= 4 is 15.9 Å². The molecule has 0 aromatic rings. The van der Waals surface area contributed by atoms with Gasteiger partial charge < -0.3 is 4.90 Å². The Morgan fingerprint density at radius 1 is 1.43 bits per heavy atom. The molecule has 0 aromatic heterocycles. The molecule has 0 spiro atoms. The number of hydrogen-bond donors (Lipinski definition) is 1. The van der Waals surface area contributed by atoms with Gasteiger partial charge in [0.05, 0.1) is 5.25 Å². The van der Waals surface area contributed by atoms with Crippen LogP contribution in [0.25, 0.3) is 0 Å².